The van der Waals surface area contributed by atoms with Crippen LogP contribution in [0.4, 0.5) is 4.39 Å². The van der Waals surface area contributed by atoms with Gasteiger partial charge in [-0.25, -0.2) is 4.39 Å². The number of carbonyl (C=O) groups excluding carboxylic acids is 1. The van der Waals surface area contributed by atoms with E-state index in [4.69, 9.17) is 0 Å². The van der Waals surface area contributed by atoms with Crippen molar-refractivity contribution in [2.24, 2.45) is 0 Å². The number of carbonyl (C=O) groups is 1. The van der Waals surface area contributed by atoms with E-state index < -0.39 is 0 Å². The highest BCUT2D eigenvalue weighted by Crippen LogP contribution is 2.15. The van der Waals surface area contributed by atoms with E-state index in [1.54, 1.807) is 6.07 Å². The average Bonchev–Trinajstić information content (AvgIpc) is 2.96. The number of aryl methyl sites for hydroxylation is 1. The van der Waals surface area contributed by atoms with E-state index >= 15 is 0 Å². The van der Waals surface area contributed by atoms with Gasteiger partial charge in [0.25, 0.3) is 0 Å². The quantitative estimate of drug-likeness (QED) is 0.742. The molecule has 0 aliphatic carbocycles. The van der Waals surface area contributed by atoms with Crippen LogP contribution in [0.1, 0.15) is 12.0 Å². The zero-order valence-electron chi connectivity index (χ0n) is 12.8. The second-order valence-corrected chi connectivity index (χ2v) is 5.55. The molecule has 0 bridgehead atoms. The molecule has 2 aromatic carbocycles. The molecule has 0 unspecified atom stereocenters. The number of nitrogens with zero attached hydrogens (tertiary/aromatic N) is 1. The van der Waals surface area contributed by atoms with Gasteiger partial charge in [-0.3, -0.25) is 4.79 Å². The Bertz CT molecular complexity index is 810. The Hall–Kier alpha value is -2.62. The van der Waals surface area contributed by atoms with E-state index in [1.165, 1.54) is 17.5 Å². The Kier molecular flexibility index (Phi) is 4.71. The van der Waals surface area contributed by atoms with Gasteiger partial charge in [0.05, 0.1) is 0 Å². The summed E-state index contributed by atoms with van der Waals surface area (Å²) in [5.74, 6) is -0.229. The van der Waals surface area contributed by atoms with Gasteiger partial charge in [-0.2, -0.15) is 0 Å². The SMILES string of the molecule is O=C(CCn1ccc2ccccc21)NCCc1cccc(F)c1. The van der Waals surface area contributed by atoms with Crippen LogP contribution in [-0.2, 0) is 17.8 Å². The third kappa shape index (κ3) is 3.97. The lowest BCUT2D eigenvalue weighted by Crippen LogP contribution is -2.26. The van der Waals surface area contributed by atoms with Crippen LogP contribution in [0.25, 0.3) is 10.9 Å². The molecule has 3 aromatic rings. The number of hydrogen-bond donors (Lipinski definition) is 1. The van der Waals surface area contributed by atoms with Crippen molar-refractivity contribution in [1.82, 2.24) is 9.88 Å². The van der Waals surface area contributed by atoms with E-state index in [-0.39, 0.29) is 11.7 Å². The molecular formula is C19H19FN2O. The summed E-state index contributed by atoms with van der Waals surface area (Å²) in [6, 6.07) is 16.6. The highest BCUT2D eigenvalue weighted by atomic mass is 19.1. The van der Waals surface area contributed by atoms with Crippen molar-refractivity contribution in [3.05, 3.63) is 72.2 Å². The van der Waals surface area contributed by atoms with Gasteiger partial charge in [-0.15, -0.1) is 0 Å². The summed E-state index contributed by atoms with van der Waals surface area (Å²) >= 11 is 0. The zero-order chi connectivity index (χ0) is 16.1. The standard InChI is InChI=1S/C19H19FN2O/c20-17-6-3-4-15(14-17)8-11-21-19(23)10-13-22-12-9-16-5-1-2-7-18(16)22/h1-7,9,12,14H,8,10-11,13H2,(H,21,23). The van der Waals surface area contributed by atoms with Crippen LogP contribution in [0.5, 0.6) is 0 Å². The van der Waals surface area contributed by atoms with Crippen molar-refractivity contribution in [3.8, 4) is 0 Å². The Morgan fingerprint density at radius 2 is 1.96 bits per heavy atom. The Labute approximate surface area is 134 Å². The summed E-state index contributed by atoms with van der Waals surface area (Å²) in [5, 5.41) is 4.07. The summed E-state index contributed by atoms with van der Waals surface area (Å²) in [6.45, 7) is 1.17. The molecule has 1 amide bonds. The summed E-state index contributed by atoms with van der Waals surface area (Å²) in [6.07, 6.45) is 3.07. The molecule has 0 spiro atoms. The number of nitrogens with one attached hydrogen (secondary N) is 1. The molecule has 118 valence electrons. The topological polar surface area (TPSA) is 34.0 Å². The van der Waals surface area contributed by atoms with E-state index in [2.05, 4.69) is 28.1 Å². The number of halogens is 1. The van der Waals surface area contributed by atoms with Crippen LogP contribution in [0, 0.1) is 5.82 Å². The second-order valence-electron chi connectivity index (χ2n) is 5.55. The molecule has 0 saturated carbocycles. The molecule has 1 aromatic heterocycles. The highest BCUT2D eigenvalue weighted by Gasteiger charge is 2.04. The van der Waals surface area contributed by atoms with Crippen molar-refractivity contribution < 1.29 is 9.18 Å². The molecule has 0 atom stereocenters. The Morgan fingerprint density at radius 1 is 1.09 bits per heavy atom. The van der Waals surface area contributed by atoms with E-state index in [1.807, 2.05) is 24.4 Å². The number of rotatable bonds is 6. The van der Waals surface area contributed by atoms with Gasteiger partial charge < -0.3 is 9.88 Å². The van der Waals surface area contributed by atoms with Crippen LogP contribution < -0.4 is 5.32 Å². The molecule has 0 saturated heterocycles. The van der Waals surface area contributed by atoms with E-state index in [9.17, 15) is 9.18 Å². The van der Waals surface area contributed by atoms with Gasteiger partial charge in [-0.1, -0.05) is 30.3 Å². The van der Waals surface area contributed by atoms with E-state index in [0.717, 1.165) is 11.1 Å². The van der Waals surface area contributed by atoms with Crippen LogP contribution in [0.2, 0.25) is 0 Å². The minimum absolute atomic E-state index is 0.0131. The summed E-state index contributed by atoms with van der Waals surface area (Å²) in [7, 11) is 0. The van der Waals surface area contributed by atoms with Crippen molar-refractivity contribution in [1.29, 1.82) is 0 Å². The number of hydrogen-bond acceptors (Lipinski definition) is 1. The number of fused-ring (bicyclic) bond motifs is 1. The molecule has 1 heterocycles. The minimum Gasteiger partial charge on any atom is -0.356 e. The van der Waals surface area contributed by atoms with Gasteiger partial charge in [0.15, 0.2) is 0 Å². The van der Waals surface area contributed by atoms with Crippen molar-refractivity contribution in [2.75, 3.05) is 6.54 Å². The first kappa shape index (κ1) is 15.3. The maximum Gasteiger partial charge on any atom is 0.221 e. The van der Waals surface area contributed by atoms with Crippen molar-refractivity contribution in [3.63, 3.8) is 0 Å². The number of aromatic nitrogens is 1. The summed E-state index contributed by atoms with van der Waals surface area (Å²) in [4.78, 5) is 11.9. The van der Waals surface area contributed by atoms with Crippen LogP contribution >= 0.6 is 0 Å². The van der Waals surface area contributed by atoms with Gasteiger partial charge in [0.1, 0.15) is 5.82 Å². The molecular weight excluding hydrogens is 291 g/mol. The fraction of sp³-hybridized carbons (Fsp3) is 0.211. The average molecular weight is 310 g/mol. The lowest BCUT2D eigenvalue weighted by Gasteiger charge is -2.07. The fourth-order valence-electron chi connectivity index (χ4n) is 2.68. The fourth-order valence-corrected chi connectivity index (χ4v) is 2.68. The maximum atomic E-state index is 13.1. The first-order valence-electron chi connectivity index (χ1n) is 7.77. The third-order valence-electron chi connectivity index (χ3n) is 3.88. The molecule has 3 nitrogen and oxygen atoms in total. The number of benzene rings is 2. The van der Waals surface area contributed by atoms with Gasteiger partial charge >= 0.3 is 0 Å². The van der Waals surface area contributed by atoms with Crippen LogP contribution in [0.3, 0.4) is 0 Å². The molecule has 3 rings (SSSR count). The molecule has 0 aliphatic heterocycles. The van der Waals surface area contributed by atoms with Gasteiger partial charge in [0, 0.05) is 31.2 Å². The molecule has 0 fully saturated rings. The largest absolute Gasteiger partial charge is 0.356 e. The van der Waals surface area contributed by atoms with Crippen LogP contribution in [0.15, 0.2) is 60.8 Å². The number of amides is 1. The van der Waals surface area contributed by atoms with Gasteiger partial charge in [0.2, 0.25) is 5.91 Å². The second kappa shape index (κ2) is 7.09. The van der Waals surface area contributed by atoms with Crippen molar-refractivity contribution >= 4 is 16.8 Å². The maximum absolute atomic E-state index is 13.1. The molecule has 4 heteroatoms. The predicted molar refractivity (Wildman–Crippen MR) is 89.7 cm³/mol. The molecule has 0 aliphatic rings. The molecule has 1 N–H and O–H groups in total. The van der Waals surface area contributed by atoms with E-state index in [0.29, 0.717) is 25.9 Å². The first-order valence-corrected chi connectivity index (χ1v) is 7.77. The normalized spacial score (nSPS) is 10.8. The Balaban J connectivity index is 1.46. The predicted octanol–water partition coefficient (Wildman–Crippen LogP) is 3.53. The summed E-state index contributed by atoms with van der Waals surface area (Å²) < 4.78 is 15.2. The lowest BCUT2D eigenvalue weighted by atomic mass is 10.1. The first-order chi connectivity index (χ1) is 11.2. The molecule has 23 heavy (non-hydrogen) atoms. The summed E-state index contributed by atoms with van der Waals surface area (Å²) in [5.41, 5.74) is 2.03. The molecule has 0 radical (unpaired) electrons. The third-order valence-corrected chi connectivity index (χ3v) is 3.88. The number of para-hydroxylation sites is 1. The smallest absolute Gasteiger partial charge is 0.221 e. The lowest BCUT2D eigenvalue weighted by molar-refractivity contribution is -0.121. The minimum atomic E-state index is -0.242. The monoisotopic (exact) mass is 310 g/mol. The van der Waals surface area contributed by atoms with Crippen molar-refractivity contribution in [2.45, 2.75) is 19.4 Å². The highest BCUT2D eigenvalue weighted by molar-refractivity contribution is 5.80. The Morgan fingerprint density at radius 3 is 2.83 bits per heavy atom. The van der Waals surface area contributed by atoms with Gasteiger partial charge in [-0.05, 0) is 41.6 Å². The zero-order valence-corrected chi connectivity index (χ0v) is 12.8. The van der Waals surface area contributed by atoms with Crippen LogP contribution in [-0.4, -0.2) is 17.0 Å².